The summed E-state index contributed by atoms with van der Waals surface area (Å²) in [7, 11) is 0. The van der Waals surface area contributed by atoms with Crippen molar-refractivity contribution >= 4 is 22.7 Å². The monoisotopic (exact) mass is 286 g/mol. The van der Waals surface area contributed by atoms with Gasteiger partial charge in [0, 0.05) is 11.1 Å². The van der Waals surface area contributed by atoms with Gasteiger partial charge in [0.15, 0.2) is 0 Å². The Labute approximate surface area is 120 Å². The quantitative estimate of drug-likeness (QED) is 0.756. The average molecular weight is 286 g/mol. The largest absolute Gasteiger partial charge is 0.376 e. The van der Waals surface area contributed by atoms with Crippen LogP contribution in [0.25, 0.3) is 0 Å². The zero-order chi connectivity index (χ0) is 13.3. The van der Waals surface area contributed by atoms with Gasteiger partial charge in [-0.2, -0.15) is 22.7 Å². The van der Waals surface area contributed by atoms with Gasteiger partial charge in [0.1, 0.15) is 5.60 Å². The molecule has 0 unspecified atom stereocenters. The van der Waals surface area contributed by atoms with Gasteiger partial charge in [0.05, 0.1) is 0 Å². The number of aryl methyl sites for hydroxylation is 1. The Hall–Kier alpha value is -1.42. The summed E-state index contributed by atoms with van der Waals surface area (Å²) in [5.74, 6) is 0. The molecule has 0 radical (unpaired) electrons. The maximum atomic E-state index is 11.3. The van der Waals surface area contributed by atoms with Crippen LogP contribution in [0.2, 0.25) is 0 Å². The van der Waals surface area contributed by atoms with E-state index in [2.05, 4.69) is 6.92 Å². The van der Waals surface area contributed by atoms with Gasteiger partial charge in [-0.25, -0.2) is 0 Å². The van der Waals surface area contributed by atoms with Gasteiger partial charge >= 0.3 is 0 Å². The fourth-order valence-electron chi connectivity index (χ4n) is 2.24. The Morgan fingerprint density at radius 2 is 1.32 bits per heavy atom. The number of hydrogen-bond acceptors (Lipinski definition) is 3. The summed E-state index contributed by atoms with van der Waals surface area (Å²) in [5, 5.41) is 19.3. The predicted molar refractivity (Wildman–Crippen MR) is 81.9 cm³/mol. The zero-order valence-corrected chi connectivity index (χ0v) is 12.2. The zero-order valence-electron chi connectivity index (χ0n) is 10.5. The summed E-state index contributed by atoms with van der Waals surface area (Å²) in [6.07, 6.45) is 0. The maximum absolute atomic E-state index is 11.3. The first-order valence-corrected chi connectivity index (χ1v) is 7.94. The van der Waals surface area contributed by atoms with Gasteiger partial charge in [-0.05, 0) is 46.1 Å². The summed E-state index contributed by atoms with van der Waals surface area (Å²) in [5.41, 5.74) is 2.92. The Kier molecular flexibility index (Phi) is 3.27. The third-order valence-corrected chi connectivity index (χ3v) is 4.71. The van der Waals surface area contributed by atoms with Crippen LogP contribution in [-0.4, -0.2) is 5.11 Å². The molecular weight excluding hydrogens is 272 g/mol. The minimum absolute atomic E-state index is 0.912. The molecule has 19 heavy (non-hydrogen) atoms. The molecule has 0 amide bonds. The molecule has 3 heteroatoms. The molecule has 3 rings (SSSR count). The fourth-order valence-corrected chi connectivity index (χ4v) is 3.63. The van der Waals surface area contributed by atoms with Crippen molar-refractivity contribution in [1.29, 1.82) is 0 Å². The molecule has 0 bridgehead atoms. The molecule has 0 saturated carbocycles. The highest BCUT2D eigenvalue weighted by Crippen LogP contribution is 2.38. The Morgan fingerprint density at radius 3 is 1.74 bits per heavy atom. The van der Waals surface area contributed by atoms with Gasteiger partial charge in [0.2, 0.25) is 0 Å². The Morgan fingerprint density at radius 1 is 0.789 bits per heavy atom. The molecule has 0 aliphatic carbocycles. The second kappa shape index (κ2) is 4.93. The van der Waals surface area contributed by atoms with Gasteiger partial charge < -0.3 is 5.11 Å². The number of rotatable bonds is 3. The lowest BCUT2D eigenvalue weighted by Gasteiger charge is -2.28. The number of aliphatic hydroxyl groups is 1. The number of benzene rings is 1. The van der Waals surface area contributed by atoms with Crippen LogP contribution in [-0.2, 0) is 5.60 Å². The van der Waals surface area contributed by atoms with Crippen molar-refractivity contribution in [2.24, 2.45) is 0 Å². The van der Waals surface area contributed by atoms with E-state index in [1.54, 1.807) is 22.7 Å². The molecule has 1 aromatic carbocycles. The fraction of sp³-hybridized carbons (Fsp3) is 0.125. The highest BCUT2D eigenvalue weighted by Gasteiger charge is 2.34. The van der Waals surface area contributed by atoms with Gasteiger partial charge in [-0.1, -0.05) is 29.8 Å². The predicted octanol–water partition coefficient (Wildman–Crippen LogP) is 4.40. The SMILES string of the molecule is Cc1ccc(C(O)(c2ccsc2)c2ccsc2)cc1. The minimum atomic E-state index is -1.05. The topological polar surface area (TPSA) is 20.2 Å². The van der Waals surface area contributed by atoms with Crippen LogP contribution in [0.4, 0.5) is 0 Å². The first kappa shape index (κ1) is 12.6. The van der Waals surface area contributed by atoms with E-state index < -0.39 is 5.60 Å². The molecule has 0 aliphatic rings. The van der Waals surface area contributed by atoms with E-state index in [1.807, 2.05) is 57.9 Å². The van der Waals surface area contributed by atoms with Crippen LogP contribution in [0.5, 0.6) is 0 Å². The molecule has 0 spiro atoms. The summed E-state index contributed by atoms with van der Waals surface area (Å²) in [6.45, 7) is 2.05. The number of thiophene rings is 2. The summed E-state index contributed by atoms with van der Waals surface area (Å²) < 4.78 is 0. The van der Waals surface area contributed by atoms with Gasteiger partial charge in [-0.3, -0.25) is 0 Å². The van der Waals surface area contributed by atoms with Crippen molar-refractivity contribution in [1.82, 2.24) is 0 Å². The summed E-state index contributed by atoms with van der Waals surface area (Å²) >= 11 is 3.21. The molecule has 2 heterocycles. The highest BCUT2D eigenvalue weighted by molar-refractivity contribution is 7.08. The molecule has 1 nitrogen and oxygen atoms in total. The lowest BCUT2D eigenvalue weighted by molar-refractivity contribution is 0.126. The summed E-state index contributed by atoms with van der Waals surface area (Å²) in [6, 6.07) is 12.1. The molecule has 96 valence electrons. The maximum Gasteiger partial charge on any atom is 0.142 e. The minimum Gasteiger partial charge on any atom is -0.376 e. The van der Waals surface area contributed by atoms with Crippen molar-refractivity contribution < 1.29 is 5.11 Å². The van der Waals surface area contributed by atoms with E-state index in [9.17, 15) is 5.11 Å². The van der Waals surface area contributed by atoms with E-state index in [0.717, 1.165) is 16.7 Å². The molecule has 0 atom stereocenters. The lowest BCUT2D eigenvalue weighted by Crippen LogP contribution is -2.27. The smallest absolute Gasteiger partial charge is 0.142 e. The molecule has 1 N–H and O–H groups in total. The first-order chi connectivity index (χ1) is 9.21. The van der Waals surface area contributed by atoms with Crippen molar-refractivity contribution in [3.8, 4) is 0 Å². The van der Waals surface area contributed by atoms with Crippen LogP contribution in [0.3, 0.4) is 0 Å². The van der Waals surface area contributed by atoms with E-state index >= 15 is 0 Å². The van der Waals surface area contributed by atoms with Gasteiger partial charge in [-0.15, -0.1) is 0 Å². The second-order valence-electron chi connectivity index (χ2n) is 4.60. The van der Waals surface area contributed by atoms with E-state index in [1.165, 1.54) is 5.56 Å². The highest BCUT2D eigenvalue weighted by atomic mass is 32.1. The van der Waals surface area contributed by atoms with Gasteiger partial charge in [0.25, 0.3) is 0 Å². The standard InChI is InChI=1S/C16H14OS2/c1-12-2-4-13(5-3-12)16(17,14-6-8-18-10-14)15-7-9-19-11-15/h2-11,17H,1H3. The molecular formula is C16H14OS2. The average Bonchev–Trinajstić information content (AvgIpc) is 3.12. The summed E-state index contributed by atoms with van der Waals surface area (Å²) in [4.78, 5) is 0. The molecule has 2 aromatic heterocycles. The molecule has 0 aliphatic heterocycles. The van der Waals surface area contributed by atoms with Crippen LogP contribution in [0.1, 0.15) is 22.3 Å². The van der Waals surface area contributed by atoms with Crippen LogP contribution < -0.4 is 0 Å². The molecule has 0 fully saturated rings. The van der Waals surface area contributed by atoms with Crippen LogP contribution in [0.15, 0.2) is 57.9 Å². The van der Waals surface area contributed by atoms with E-state index in [-0.39, 0.29) is 0 Å². The lowest BCUT2D eigenvalue weighted by atomic mass is 9.83. The third kappa shape index (κ3) is 2.14. The van der Waals surface area contributed by atoms with E-state index in [0.29, 0.717) is 0 Å². The van der Waals surface area contributed by atoms with Crippen molar-refractivity contribution in [2.75, 3.05) is 0 Å². The third-order valence-electron chi connectivity index (χ3n) is 3.35. The first-order valence-electron chi connectivity index (χ1n) is 6.06. The van der Waals surface area contributed by atoms with E-state index in [4.69, 9.17) is 0 Å². The van der Waals surface area contributed by atoms with Crippen molar-refractivity contribution in [3.05, 3.63) is 80.2 Å². The Bertz CT molecular complexity index is 602. The Balaban J connectivity index is 2.20. The molecule has 3 aromatic rings. The van der Waals surface area contributed by atoms with Crippen LogP contribution >= 0.6 is 22.7 Å². The normalized spacial score (nSPS) is 11.7. The van der Waals surface area contributed by atoms with Crippen molar-refractivity contribution in [3.63, 3.8) is 0 Å². The second-order valence-corrected chi connectivity index (χ2v) is 6.16. The number of hydrogen-bond donors (Lipinski definition) is 1. The van der Waals surface area contributed by atoms with Crippen molar-refractivity contribution in [2.45, 2.75) is 12.5 Å². The molecule has 0 saturated heterocycles. The van der Waals surface area contributed by atoms with Crippen LogP contribution in [0, 0.1) is 6.92 Å².